The first-order valence-corrected chi connectivity index (χ1v) is 8.08. The van der Waals surface area contributed by atoms with E-state index in [1.165, 1.54) is 18.2 Å². The minimum Gasteiger partial charge on any atom is -0.434 e. The molecule has 0 spiro atoms. The molecule has 0 aliphatic carbocycles. The van der Waals surface area contributed by atoms with Crippen LogP contribution in [0.1, 0.15) is 18.3 Å². The number of nitrogens with zero attached hydrogens (tertiary/aromatic N) is 4. The van der Waals surface area contributed by atoms with Crippen molar-refractivity contribution >= 4 is 29.9 Å². The van der Waals surface area contributed by atoms with Crippen LogP contribution in [0.3, 0.4) is 0 Å². The van der Waals surface area contributed by atoms with Gasteiger partial charge in [-0.3, -0.25) is 4.99 Å². The van der Waals surface area contributed by atoms with Crippen LogP contribution in [0.25, 0.3) is 0 Å². The third-order valence-corrected chi connectivity index (χ3v) is 3.61. The number of aliphatic imine (C=N–C) groups is 1. The van der Waals surface area contributed by atoms with Crippen LogP contribution in [-0.2, 0) is 19.5 Å². The molecule has 0 bridgehead atoms. The van der Waals surface area contributed by atoms with Crippen LogP contribution < -0.4 is 15.4 Å². The molecule has 0 atom stereocenters. The molecule has 150 valence electrons. The summed E-state index contributed by atoms with van der Waals surface area (Å²) in [4.78, 5) is 4.03. The molecule has 0 aliphatic rings. The highest BCUT2D eigenvalue weighted by atomic mass is 127. The third-order valence-electron chi connectivity index (χ3n) is 3.61. The minimum atomic E-state index is -3.02. The van der Waals surface area contributed by atoms with E-state index in [2.05, 4.69) is 30.6 Å². The monoisotopic (exact) mass is 498 g/mol. The molecule has 1 aromatic carbocycles. The largest absolute Gasteiger partial charge is 0.434 e. The summed E-state index contributed by atoms with van der Waals surface area (Å²) in [5.41, 5.74) is 0.00262. The van der Waals surface area contributed by atoms with Crippen LogP contribution in [-0.4, -0.2) is 40.9 Å². The molecule has 0 unspecified atom stereocenters. The van der Waals surface area contributed by atoms with Gasteiger partial charge in [-0.1, -0.05) is 13.0 Å². The molecule has 0 fully saturated rings. The number of alkyl halides is 2. The van der Waals surface area contributed by atoms with E-state index < -0.39 is 12.4 Å². The summed E-state index contributed by atoms with van der Waals surface area (Å²) in [6, 6.07) is 3.79. The number of rotatable bonds is 8. The van der Waals surface area contributed by atoms with Crippen LogP contribution >= 0.6 is 24.0 Å². The first-order valence-electron chi connectivity index (χ1n) is 8.08. The Hall–Kier alpha value is -2.05. The van der Waals surface area contributed by atoms with E-state index in [4.69, 9.17) is 0 Å². The van der Waals surface area contributed by atoms with Gasteiger partial charge in [-0.05, 0) is 12.1 Å². The number of aromatic nitrogens is 3. The second-order valence-corrected chi connectivity index (χ2v) is 5.24. The molecule has 0 saturated carbocycles. The highest BCUT2D eigenvalue weighted by Crippen LogP contribution is 2.23. The summed E-state index contributed by atoms with van der Waals surface area (Å²) in [5.74, 6) is 0.431. The van der Waals surface area contributed by atoms with Crippen LogP contribution in [0.5, 0.6) is 5.75 Å². The number of ether oxygens (including phenoxy) is 1. The first-order chi connectivity index (χ1) is 12.5. The Bertz CT molecular complexity index is 741. The lowest BCUT2D eigenvalue weighted by Crippen LogP contribution is -2.38. The molecule has 0 amide bonds. The number of halogens is 4. The maximum Gasteiger partial charge on any atom is 0.387 e. The van der Waals surface area contributed by atoms with Gasteiger partial charge in [-0.25, -0.2) is 4.39 Å². The van der Waals surface area contributed by atoms with Crippen molar-refractivity contribution in [3.05, 3.63) is 41.7 Å². The normalized spacial score (nSPS) is 11.3. The molecular formula is C16H22F3IN6O. The van der Waals surface area contributed by atoms with Crippen molar-refractivity contribution in [3.63, 3.8) is 0 Å². The number of hydrogen-bond acceptors (Lipinski definition) is 4. The third kappa shape index (κ3) is 6.88. The molecule has 1 aromatic heterocycles. The van der Waals surface area contributed by atoms with E-state index in [1.54, 1.807) is 13.4 Å². The Morgan fingerprint density at radius 3 is 2.78 bits per heavy atom. The van der Waals surface area contributed by atoms with Gasteiger partial charge in [0.2, 0.25) is 0 Å². The number of hydrogen-bond donors (Lipinski definition) is 2. The van der Waals surface area contributed by atoms with Gasteiger partial charge in [0.25, 0.3) is 0 Å². The fraction of sp³-hybridized carbons (Fsp3) is 0.438. The van der Waals surface area contributed by atoms with Gasteiger partial charge in [0.05, 0.1) is 0 Å². The molecule has 0 radical (unpaired) electrons. The summed E-state index contributed by atoms with van der Waals surface area (Å²) in [5, 5.41) is 13.8. The molecule has 2 rings (SSSR count). The molecule has 2 aromatic rings. The number of aryl methyl sites for hydroxylation is 1. The van der Waals surface area contributed by atoms with E-state index in [-0.39, 0.29) is 41.8 Å². The van der Waals surface area contributed by atoms with Gasteiger partial charge >= 0.3 is 6.61 Å². The van der Waals surface area contributed by atoms with E-state index in [1.807, 2.05) is 11.5 Å². The highest BCUT2D eigenvalue weighted by Gasteiger charge is 2.14. The van der Waals surface area contributed by atoms with E-state index in [9.17, 15) is 13.2 Å². The van der Waals surface area contributed by atoms with E-state index in [0.29, 0.717) is 19.0 Å². The zero-order chi connectivity index (χ0) is 18.9. The molecule has 27 heavy (non-hydrogen) atoms. The van der Waals surface area contributed by atoms with Crippen molar-refractivity contribution in [3.8, 4) is 5.75 Å². The zero-order valence-corrected chi connectivity index (χ0v) is 17.3. The Morgan fingerprint density at radius 2 is 2.11 bits per heavy atom. The van der Waals surface area contributed by atoms with Gasteiger partial charge in [-0.2, -0.15) is 8.78 Å². The maximum atomic E-state index is 13.9. The summed E-state index contributed by atoms with van der Waals surface area (Å²) in [7, 11) is 1.56. The first kappa shape index (κ1) is 23.0. The topological polar surface area (TPSA) is 76.4 Å². The molecule has 7 nitrogen and oxygen atoms in total. The molecule has 0 saturated heterocycles. The maximum absolute atomic E-state index is 13.9. The fourth-order valence-electron chi connectivity index (χ4n) is 2.34. The summed E-state index contributed by atoms with van der Waals surface area (Å²) < 4.78 is 45.1. The molecule has 1 heterocycles. The SMILES string of the molecule is CCc1nncn1CCNC(=NC)NCc1c(F)cccc1OC(F)F.I. The second kappa shape index (κ2) is 11.6. The smallest absolute Gasteiger partial charge is 0.387 e. The lowest BCUT2D eigenvalue weighted by atomic mass is 10.2. The molecular weight excluding hydrogens is 476 g/mol. The van der Waals surface area contributed by atoms with Gasteiger partial charge < -0.3 is 19.9 Å². The molecule has 0 aliphatic heterocycles. The summed E-state index contributed by atoms with van der Waals surface area (Å²) >= 11 is 0. The van der Waals surface area contributed by atoms with Crippen molar-refractivity contribution in [2.45, 2.75) is 33.0 Å². The molecule has 2 N–H and O–H groups in total. The van der Waals surface area contributed by atoms with Gasteiger partial charge in [0.1, 0.15) is 23.7 Å². The number of nitrogens with one attached hydrogen (secondary N) is 2. The average Bonchev–Trinajstić information content (AvgIpc) is 3.06. The number of benzene rings is 1. The van der Waals surface area contributed by atoms with E-state index in [0.717, 1.165) is 12.2 Å². The summed E-state index contributed by atoms with van der Waals surface area (Å²) in [6.07, 6.45) is 2.41. The molecule has 11 heteroatoms. The summed E-state index contributed by atoms with van der Waals surface area (Å²) in [6.45, 7) is 0.0616. The van der Waals surface area contributed by atoms with Gasteiger partial charge in [-0.15, -0.1) is 34.2 Å². The quantitative estimate of drug-likeness (QED) is 0.333. The lowest BCUT2D eigenvalue weighted by Gasteiger charge is -2.15. The van der Waals surface area contributed by atoms with Crippen LogP contribution in [0.2, 0.25) is 0 Å². The van der Waals surface area contributed by atoms with Crippen molar-refractivity contribution < 1.29 is 17.9 Å². The van der Waals surface area contributed by atoms with Gasteiger partial charge in [0.15, 0.2) is 5.96 Å². The van der Waals surface area contributed by atoms with Crippen LogP contribution in [0.15, 0.2) is 29.5 Å². The Morgan fingerprint density at radius 1 is 1.33 bits per heavy atom. The van der Waals surface area contributed by atoms with Crippen molar-refractivity contribution in [1.29, 1.82) is 0 Å². The van der Waals surface area contributed by atoms with Crippen LogP contribution in [0, 0.1) is 5.82 Å². The second-order valence-electron chi connectivity index (χ2n) is 5.24. The highest BCUT2D eigenvalue weighted by molar-refractivity contribution is 14.0. The van der Waals surface area contributed by atoms with Crippen molar-refractivity contribution in [2.75, 3.05) is 13.6 Å². The van der Waals surface area contributed by atoms with Crippen LogP contribution in [0.4, 0.5) is 13.2 Å². The fourth-order valence-corrected chi connectivity index (χ4v) is 2.34. The standard InChI is InChI=1S/C16H21F3N6O.HI/c1-3-14-24-23-10-25(14)8-7-21-16(20-2)22-9-11-12(17)5-4-6-13(11)26-15(18)19;/h4-6,10,15H,3,7-9H2,1-2H3,(H2,20,21,22);1H. The van der Waals surface area contributed by atoms with Crippen molar-refractivity contribution in [2.24, 2.45) is 4.99 Å². The predicted molar refractivity (Wildman–Crippen MR) is 106 cm³/mol. The predicted octanol–water partition coefficient (Wildman–Crippen LogP) is 2.56. The minimum absolute atomic E-state index is 0. The Labute approximate surface area is 172 Å². The van der Waals surface area contributed by atoms with Gasteiger partial charge in [0, 0.05) is 38.7 Å². The van der Waals surface area contributed by atoms with E-state index >= 15 is 0 Å². The zero-order valence-electron chi connectivity index (χ0n) is 15.0. The Balaban J connectivity index is 0.00000364. The Kier molecular flexibility index (Phi) is 9.89. The average molecular weight is 498 g/mol. The number of guanidine groups is 1. The lowest BCUT2D eigenvalue weighted by molar-refractivity contribution is -0.0506. The van der Waals surface area contributed by atoms with Crippen molar-refractivity contribution in [1.82, 2.24) is 25.4 Å².